The van der Waals surface area contributed by atoms with Gasteiger partial charge in [0, 0.05) is 29.5 Å². The molecule has 0 saturated heterocycles. The number of nitrogens with one attached hydrogen (secondary N) is 1. The number of carbonyl (C=O) groups excluding carboxylic acids is 2. The van der Waals surface area contributed by atoms with Gasteiger partial charge in [-0.15, -0.1) is 0 Å². The van der Waals surface area contributed by atoms with Gasteiger partial charge in [0.05, 0.1) is 0 Å². The van der Waals surface area contributed by atoms with Crippen molar-refractivity contribution in [3.63, 3.8) is 0 Å². The van der Waals surface area contributed by atoms with E-state index in [1.807, 2.05) is 13.0 Å². The third-order valence-corrected chi connectivity index (χ3v) is 16.9. The topological polar surface area (TPSA) is 69.6 Å². The van der Waals surface area contributed by atoms with Crippen molar-refractivity contribution in [3.8, 4) is 0 Å². The highest BCUT2D eigenvalue weighted by Gasteiger charge is 2.67. The molecule has 5 fully saturated rings. The third kappa shape index (κ3) is 5.11. The second-order valence-electron chi connectivity index (χ2n) is 19.2. The summed E-state index contributed by atoms with van der Waals surface area (Å²) in [6.07, 6.45) is 25.7. The van der Waals surface area contributed by atoms with Crippen LogP contribution in [0.4, 0.5) is 4.79 Å². The summed E-state index contributed by atoms with van der Waals surface area (Å²) in [7, 11) is 0. The number of amides is 2. The molecular weight excluding hydrogens is 592 g/mol. The molecule has 0 bridgehead atoms. The van der Waals surface area contributed by atoms with Crippen molar-refractivity contribution in [1.82, 2.24) is 10.2 Å². The first kappa shape index (κ1) is 34.4. The number of fused-ring (bicyclic) bond motifs is 7. The second-order valence-corrected chi connectivity index (χ2v) is 19.2. The molecule has 8 atom stereocenters. The maximum atomic E-state index is 14.4. The van der Waals surface area contributed by atoms with Gasteiger partial charge in [-0.3, -0.25) is 4.79 Å². The first-order valence-electron chi connectivity index (χ1n) is 20.1. The third-order valence-electron chi connectivity index (χ3n) is 16.9. The van der Waals surface area contributed by atoms with Gasteiger partial charge in [-0.25, -0.2) is 4.79 Å². The van der Waals surface area contributed by atoms with Crippen LogP contribution in [0.15, 0.2) is 34.6 Å². The van der Waals surface area contributed by atoms with Crippen molar-refractivity contribution in [2.45, 2.75) is 182 Å². The molecule has 7 aliphatic rings. The van der Waals surface area contributed by atoms with Gasteiger partial charge in [0.2, 0.25) is 5.78 Å². The number of allylic oxidation sites excluding steroid dienone is 5. The minimum Gasteiger partial charge on any atom is -0.504 e. The molecular formula is C43H66N2O3. The van der Waals surface area contributed by atoms with Crippen LogP contribution in [-0.4, -0.2) is 39.9 Å². The van der Waals surface area contributed by atoms with Gasteiger partial charge in [-0.1, -0.05) is 84.8 Å². The molecule has 0 spiro atoms. The first-order valence-corrected chi connectivity index (χ1v) is 20.1. The zero-order valence-corrected chi connectivity index (χ0v) is 31.5. The van der Waals surface area contributed by atoms with Gasteiger partial charge in [0.25, 0.3) is 0 Å². The van der Waals surface area contributed by atoms with Crippen molar-refractivity contribution in [2.24, 2.45) is 38.9 Å². The van der Waals surface area contributed by atoms with Gasteiger partial charge in [-0.05, 0) is 136 Å². The Morgan fingerprint density at radius 1 is 0.896 bits per heavy atom. The number of carbonyl (C=O) groups is 2. The molecule has 2 N–H and O–H groups in total. The molecule has 0 aromatic rings. The summed E-state index contributed by atoms with van der Waals surface area (Å²) in [5.74, 6) is 0.482. The molecule has 0 aliphatic heterocycles. The summed E-state index contributed by atoms with van der Waals surface area (Å²) >= 11 is 0. The zero-order valence-electron chi connectivity index (χ0n) is 31.5. The second kappa shape index (κ2) is 12.0. The SMILES string of the molecule is CC1=C(O)C(=O)C=C2C1CC=C1[C@@]2(C)CC[C@@]2(C)[C@@H]3C[C@](C)(C(C)N(C(=O)NC4CCCCC4)C4CCCCC4)CC[C@]3(C)CC[C@]12C. The van der Waals surface area contributed by atoms with Crippen molar-refractivity contribution < 1.29 is 14.7 Å². The van der Waals surface area contributed by atoms with E-state index in [0.717, 1.165) is 50.5 Å². The molecule has 0 radical (unpaired) electrons. The van der Waals surface area contributed by atoms with Crippen LogP contribution in [0, 0.1) is 38.9 Å². The van der Waals surface area contributed by atoms with Crippen LogP contribution in [0.1, 0.15) is 164 Å². The highest BCUT2D eigenvalue weighted by atomic mass is 16.3. The number of urea groups is 1. The maximum Gasteiger partial charge on any atom is 0.318 e. The Bertz CT molecular complexity index is 1410. The molecule has 0 heterocycles. The zero-order chi connectivity index (χ0) is 34.3. The fourth-order valence-corrected chi connectivity index (χ4v) is 13.2. The van der Waals surface area contributed by atoms with E-state index in [-0.39, 0.29) is 51.2 Å². The Hall–Kier alpha value is -2.04. The average molecular weight is 659 g/mol. The Kier molecular flexibility index (Phi) is 8.63. The Balaban J connectivity index is 1.20. The number of hydrogen-bond acceptors (Lipinski definition) is 3. The predicted octanol–water partition coefficient (Wildman–Crippen LogP) is 10.8. The highest BCUT2D eigenvalue weighted by Crippen LogP contribution is 2.76. The fraction of sp³-hybridized carbons (Fsp3) is 0.814. The number of ketones is 1. The van der Waals surface area contributed by atoms with Crippen LogP contribution in [0.2, 0.25) is 0 Å². The normalized spacial score (nSPS) is 42.8. The molecule has 48 heavy (non-hydrogen) atoms. The van der Waals surface area contributed by atoms with Crippen LogP contribution >= 0.6 is 0 Å². The molecule has 5 heteroatoms. The summed E-state index contributed by atoms with van der Waals surface area (Å²) < 4.78 is 0. The predicted molar refractivity (Wildman–Crippen MR) is 195 cm³/mol. The molecule has 266 valence electrons. The smallest absolute Gasteiger partial charge is 0.318 e. The van der Waals surface area contributed by atoms with Crippen LogP contribution in [0.3, 0.4) is 0 Å². The molecule has 5 nitrogen and oxygen atoms in total. The largest absolute Gasteiger partial charge is 0.504 e. The van der Waals surface area contributed by atoms with Gasteiger partial charge in [0.1, 0.15) is 0 Å². The lowest BCUT2D eigenvalue weighted by Gasteiger charge is -2.71. The number of rotatable bonds is 4. The van der Waals surface area contributed by atoms with Crippen molar-refractivity contribution in [3.05, 3.63) is 34.6 Å². The number of hydrogen-bond donors (Lipinski definition) is 2. The van der Waals surface area contributed by atoms with E-state index in [4.69, 9.17) is 0 Å². The van der Waals surface area contributed by atoms with Crippen LogP contribution in [0.5, 0.6) is 0 Å². The standard InChI is InChI=1S/C43H66N2O3/c1-28-32-18-19-35-41(5,33(32)26-34(46)37(28)47)23-25-43(7)36-27-40(4,21-20-39(36,3)22-24-42(35,43)6)29(2)45(31-16-12-9-13-17-31)38(48)44-30-14-10-8-11-15-30/h19,26,29-32,36,47H,8-18,20-25,27H2,1-7H3,(H,44,48)/t29?,32?,36-,39-,40-,41+,42-,43+/m1/s1. The molecule has 7 aliphatic carbocycles. The van der Waals surface area contributed by atoms with E-state index >= 15 is 0 Å². The lowest BCUT2D eigenvalue weighted by atomic mass is 9.34. The van der Waals surface area contributed by atoms with E-state index in [0.29, 0.717) is 23.4 Å². The summed E-state index contributed by atoms with van der Waals surface area (Å²) in [6.45, 7) is 17.2. The van der Waals surface area contributed by atoms with Crippen molar-refractivity contribution in [1.29, 1.82) is 0 Å². The summed E-state index contributed by atoms with van der Waals surface area (Å²) in [5.41, 5.74) is 4.13. The Morgan fingerprint density at radius 3 is 2.23 bits per heavy atom. The van der Waals surface area contributed by atoms with Crippen LogP contribution in [-0.2, 0) is 4.79 Å². The Labute approximate surface area is 291 Å². The minimum atomic E-state index is -0.206. The van der Waals surface area contributed by atoms with E-state index in [9.17, 15) is 14.7 Å². The fourth-order valence-electron chi connectivity index (χ4n) is 13.2. The number of aliphatic hydroxyl groups excluding tert-OH is 1. The number of aliphatic hydroxyl groups is 1. The van der Waals surface area contributed by atoms with Gasteiger partial charge < -0.3 is 15.3 Å². The van der Waals surface area contributed by atoms with E-state index in [1.54, 1.807) is 5.57 Å². The quantitative estimate of drug-likeness (QED) is 0.295. The monoisotopic (exact) mass is 659 g/mol. The van der Waals surface area contributed by atoms with Crippen molar-refractivity contribution in [2.75, 3.05) is 0 Å². The molecule has 2 unspecified atom stereocenters. The number of nitrogens with zero attached hydrogens (tertiary/aromatic N) is 1. The Morgan fingerprint density at radius 2 is 1.54 bits per heavy atom. The summed E-state index contributed by atoms with van der Waals surface area (Å²) in [4.78, 5) is 29.7. The lowest BCUT2D eigenvalue weighted by molar-refractivity contribution is -0.170. The molecule has 2 amide bonds. The summed E-state index contributed by atoms with van der Waals surface area (Å²) in [5, 5.41) is 14.1. The molecule has 0 aromatic heterocycles. The molecule has 5 saturated carbocycles. The van der Waals surface area contributed by atoms with Gasteiger partial charge >= 0.3 is 6.03 Å². The molecule has 0 aromatic carbocycles. The minimum absolute atomic E-state index is 0.0326. The van der Waals surface area contributed by atoms with E-state index in [2.05, 4.69) is 57.8 Å². The van der Waals surface area contributed by atoms with Crippen LogP contribution in [0.25, 0.3) is 0 Å². The summed E-state index contributed by atoms with van der Waals surface area (Å²) in [6, 6.07) is 1.11. The van der Waals surface area contributed by atoms with Gasteiger partial charge in [0.15, 0.2) is 5.76 Å². The van der Waals surface area contributed by atoms with Crippen molar-refractivity contribution >= 4 is 11.8 Å². The van der Waals surface area contributed by atoms with Crippen LogP contribution < -0.4 is 5.32 Å². The average Bonchev–Trinajstić information content (AvgIpc) is 3.07. The maximum absolute atomic E-state index is 14.4. The first-order chi connectivity index (χ1) is 22.7. The lowest BCUT2D eigenvalue weighted by Crippen LogP contribution is -2.64. The highest BCUT2D eigenvalue weighted by molar-refractivity contribution is 6.04. The van der Waals surface area contributed by atoms with Gasteiger partial charge in [-0.2, -0.15) is 0 Å². The van der Waals surface area contributed by atoms with E-state index < -0.39 is 0 Å². The van der Waals surface area contributed by atoms with E-state index in [1.165, 1.54) is 76.2 Å². The molecule has 7 rings (SSSR count).